The van der Waals surface area contributed by atoms with Crippen molar-refractivity contribution in [3.8, 4) is 0 Å². The second-order valence-corrected chi connectivity index (χ2v) is 10.5. The molecule has 14 heteroatoms. The van der Waals surface area contributed by atoms with E-state index < -0.39 is 18.3 Å². The van der Waals surface area contributed by atoms with E-state index in [0.29, 0.717) is 105 Å². The zero-order valence-corrected chi connectivity index (χ0v) is 25.4. The van der Waals surface area contributed by atoms with Crippen LogP contribution in [0.5, 0.6) is 0 Å². The van der Waals surface area contributed by atoms with E-state index in [0.717, 1.165) is 18.5 Å². The largest absolute Gasteiger partial charge is 0.390 e. The van der Waals surface area contributed by atoms with Gasteiger partial charge >= 0.3 is 0 Å². The Morgan fingerprint density at radius 2 is 1.74 bits per heavy atom. The lowest BCUT2D eigenvalue weighted by Crippen LogP contribution is -2.46. The SMILES string of the molecule is CCC(CC)(CNC(=O)CCCN)COCc1cn(CCOCCOCCOCCOCC2OCCC(O)C2O)nn1. The topological polar surface area (TPSA) is 182 Å². The third-order valence-electron chi connectivity index (χ3n) is 7.40. The molecule has 1 aromatic rings. The number of hydrogen-bond acceptors (Lipinski definition) is 12. The van der Waals surface area contributed by atoms with Crippen LogP contribution in [0.4, 0.5) is 0 Å². The van der Waals surface area contributed by atoms with Gasteiger partial charge < -0.3 is 49.7 Å². The Bertz CT molecular complexity index is 827. The van der Waals surface area contributed by atoms with E-state index >= 15 is 0 Å². The minimum atomic E-state index is -0.915. The molecule has 0 spiro atoms. The summed E-state index contributed by atoms with van der Waals surface area (Å²) in [6.45, 7) is 10.5. The number of nitrogens with zero attached hydrogens (tertiary/aromatic N) is 3. The number of hydrogen-bond donors (Lipinski definition) is 4. The van der Waals surface area contributed by atoms with Crippen LogP contribution in [0.3, 0.4) is 0 Å². The lowest BCUT2D eigenvalue weighted by Gasteiger charge is -2.31. The van der Waals surface area contributed by atoms with Gasteiger partial charge in [0, 0.05) is 25.0 Å². The Morgan fingerprint density at radius 3 is 2.40 bits per heavy atom. The van der Waals surface area contributed by atoms with E-state index in [-0.39, 0.29) is 17.9 Å². The number of carbonyl (C=O) groups excluding carboxylic acids is 1. The van der Waals surface area contributed by atoms with Crippen molar-refractivity contribution in [1.82, 2.24) is 20.3 Å². The Balaban J connectivity index is 1.44. The van der Waals surface area contributed by atoms with Crippen LogP contribution in [0.15, 0.2) is 6.20 Å². The van der Waals surface area contributed by atoms with Gasteiger partial charge in [0.25, 0.3) is 0 Å². The van der Waals surface area contributed by atoms with Gasteiger partial charge in [-0.15, -0.1) is 5.10 Å². The monoisotopic (exact) mass is 603 g/mol. The third-order valence-corrected chi connectivity index (χ3v) is 7.40. The summed E-state index contributed by atoms with van der Waals surface area (Å²) >= 11 is 0. The Hall–Kier alpha value is -1.75. The van der Waals surface area contributed by atoms with Crippen LogP contribution in [0.1, 0.15) is 51.6 Å². The molecule has 3 atom stereocenters. The van der Waals surface area contributed by atoms with Gasteiger partial charge in [-0.2, -0.15) is 0 Å². The lowest BCUT2D eigenvalue weighted by atomic mass is 9.83. The molecule has 2 heterocycles. The van der Waals surface area contributed by atoms with Crippen molar-refractivity contribution >= 4 is 5.91 Å². The van der Waals surface area contributed by atoms with E-state index in [1.807, 2.05) is 6.20 Å². The van der Waals surface area contributed by atoms with Crippen molar-refractivity contribution in [3.63, 3.8) is 0 Å². The molecule has 0 radical (unpaired) electrons. The molecule has 42 heavy (non-hydrogen) atoms. The highest BCUT2D eigenvalue weighted by Gasteiger charge is 2.31. The number of nitrogens with two attached hydrogens (primary N) is 1. The molecule has 2 rings (SSSR count). The third kappa shape index (κ3) is 14.6. The van der Waals surface area contributed by atoms with Crippen molar-refractivity contribution in [1.29, 1.82) is 0 Å². The first-order chi connectivity index (χ1) is 20.4. The van der Waals surface area contributed by atoms with Gasteiger partial charge in [0.2, 0.25) is 5.91 Å². The average Bonchev–Trinajstić information content (AvgIpc) is 3.45. The van der Waals surface area contributed by atoms with E-state index in [1.165, 1.54) is 0 Å². The van der Waals surface area contributed by atoms with Crippen molar-refractivity contribution in [3.05, 3.63) is 11.9 Å². The molecule has 0 bridgehead atoms. The first-order valence-electron chi connectivity index (χ1n) is 15.1. The standard InChI is InChI=1S/C28H53N5O9/c1-3-28(4-2,21-30-26(35)6-5-8-29)22-41-19-23-18-33(32-31-23)9-11-37-12-13-38-14-15-39-16-17-40-20-25-27(36)24(34)7-10-42-25/h18,24-25,27,34,36H,3-17,19-22,29H2,1-2H3,(H,30,35). The maximum absolute atomic E-state index is 12.0. The first kappa shape index (κ1) is 36.4. The van der Waals surface area contributed by atoms with Crippen LogP contribution in [-0.2, 0) is 46.4 Å². The zero-order chi connectivity index (χ0) is 30.5. The van der Waals surface area contributed by atoms with Gasteiger partial charge in [-0.1, -0.05) is 19.1 Å². The van der Waals surface area contributed by atoms with E-state index in [1.54, 1.807) is 4.68 Å². The van der Waals surface area contributed by atoms with Crippen LogP contribution >= 0.6 is 0 Å². The summed E-state index contributed by atoms with van der Waals surface area (Å²) in [7, 11) is 0. The zero-order valence-electron chi connectivity index (χ0n) is 25.4. The number of ether oxygens (including phenoxy) is 6. The summed E-state index contributed by atoms with van der Waals surface area (Å²) in [5.41, 5.74) is 6.11. The summed E-state index contributed by atoms with van der Waals surface area (Å²) in [5.74, 6) is 0.0298. The Kier molecular flexibility index (Phi) is 19.0. The molecule has 1 aliphatic heterocycles. The fourth-order valence-electron chi connectivity index (χ4n) is 4.30. The minimum absolute atomic E-state index is 0.0298. The molecule has 0 aliphatic carbocycles. The highest BCUT2D eigenvalue weighted by Crippen LogP contribution is 2.26. The maximum atomic E-state index is 12.0. The second kappa shape index (κ2) is 21.9. The van der Waals surface area contributed by atoms with Crippen molar-refractivity contribution in [2.45, 2.75) is 77.4 Å². The van der Waals surface area contributed by atoms with Gasteiger partial charge in [-0.25, -0.2) is 4.68 Å². The molecule has 1 fully saturated rings. The van der Waals surface area contributed by atoms with E-state index in [9.17, 15) is 15.0 Å². The molecule has 14 nitrogen and oxygen atoms in total. The van der Waals surface area contributed by atoms with Crippen molar-refractivity contribution in [2.24, 2.45) is 11.1 Å². The first-order valence-corrected chi connectivity index (χ1v) is 15.1. The number of aliphatic hydroxyl groups is 2. The molecule has 1 aromatic heterocycles. The van der Waals surface area contributed by atoms with E-state index in [2.05, 4.69) is 29.5 Å². The highest BCUT2D eigenvalue weighted by atomic mass is 16.6. The van der Waals surface area contributed by atoms with Crippen LogP contribution in [0, 0.1) is 5.41 Å². The number of aromatic nitrogens is 3. The van der Waals surface area contributed by atoms with Gasteiger partial charge in [0.15, 0.2) is 0 Å². The fourth-order valence-corrected chi connectivity index (χ4v) is 4.30. The van der Waals surface area contributed by atoms with Gasteiger partial charge in [0.05, 0.1) is 84.9 Å². The van der Waals surface area contributed by atoms with Crippen LogP contribution in [0.2, 0.25) is 0 Å². The van der Waals surface area contributed by atoms with Crippen LogP contribution < -0.4 is 11.1 Å². The van der Waals surface area contributed by atoms with Gasteiger partial charge in [-0.05, 0) is 32.2 Å². The number of rotatable bonds is 25. The summed E-state index contributed by atoms with van der Waals surface area (Å²) in [5, 5.41) is 30.8. The van der Waals surface area contributed by atoms with Crippen LogP contribution in [-0.4, -0.2) is 129 Å². The van der Waals surface area contributed by atoms with Gasteiger partial charge in [0.1, 0.15) is 17.9 Å². The molecule has 244 valence electrons. The Labute approximate surface area is 249 Å². The molecular weight excluding hydrogens is 550 g/mol. The average molecular weight is 604 g/mol. The maximum Gasteiger partial charge on any atom is 0.220 e. The summed E-state index contributed by atoms with van der Waals surface area (Å²) in [6, 6.07) is 0. The predicted molar refractivity (Wildman–Crippen MR) is 154 cm³/mol. The quantitative estimate of drug-likeness (QED) is 0.110. The highest BCUT2D eigenvalue weighted by molar-refractivity contribution is 5.75. The molecule has 3 unspecified atom stereocenters. The fraction of sp³-hybridized carbons (Fsp3) is 0.893. The predicted octanol–water partition coefficient (Wildman–Crippen LogP) is 0.0333. The van der Waals surface area contributed by atoms with Crippen LogP contribution in [0.25, 0.3) is 0 Å². The molecule has 1 amide bonds. The van der Waals surface area contributed by atoms with Crippen molar-refractivity contribution in [2.75, 3.05) is 79.2 Å². The summed E-state index contributed by atoms with van der Waals surface area (Å²) in [6.07, 6.45) is 3.04. The molecule has 0 saturated carbocycles. The van der Waals surface area contributed by atoms with Crippen molar-refractivity contribution < 1.29 is 43.4 Å². The van der Waals surface area contributed by atoms with E-state index in [4.69, 9.17) is 34.2 Å². The Morgan fingerprint density at radius 1 is 1.07 bits per heavy atom. The lowest BCUT2D eigenvalue weighted by molar-refractivity contribution is -0.156. The smallest absolute Gasteiger partial charge is 0.220 e. The molecule has 1 aliphatic rings. The number of nitrogens with one attached hydrogen (secondary N) is 1. The molecule has 5 N–H and O–H groups in total. The minimum Gasteiger partial charge on any atom is -0.390 e. The second-order valence-electron chi connectivity index (χ2n) is 10.5. The van der Waals surface area contributed by atoms with Gasteiger partial charge in [-0.3, -0.25) is 4.79 Å². The number of carbonyl (C=O) groups is 1. The molecule has 0 aromatic carbocycles. The summed E-state index contributed by atoms with van der Waals surface area (Å²) in [4.78, 5) is 12.0. The number of aliphatic hydroxyl groups excluding tert-OH is 2. The summed E-state index contributed by atoms with van der Waals surface area (Å²) < 4.78 is 35.1. The normalized spacial score (nSPS) is 19.3. The molecular formula is C28H53N5O9. The molecule has 1 saturated heterocycles. The number of amides is 1.